The van der Waals surface area contributed by atoms with E-state index in [2.05, 4.69) is 6.58 Å². The quantitative estimate of drug-likeness (QED) is 0.265. The molecule has 0 saturated heterocycles. The maximum atomic E-state index is 13.1. The first-order chi connectivity index (χ1) is 9.35. The van der Waals surface area contributed by atoms with Crippen LogP contribution < -0.4 is 24.0 Å². The van der Waals surface area contributed by atoms with Gasteiger partial charge in [0, 0.05) is 11.4 Å². The van der Waals surface area contributed by atoms with Crippen LogP contribution in [0.3, 0.4) is 0 Å². The predicted octanol–water partition coefficient (Wildman–Crippen LogP) is -0.879. The van der Waals surface area contributed by atoms with E-state index in [-0.39, 0.29) is 30.4 Å². The molecule has 116 valence electrons. The minimum absolute atomic E-state index is 0. The number of ether oxygens (including phenoxy) is 2. The van der Waals surface area contributed by atoms with Crippen molar-refractivity contribution in [3.05, 3.63) is 12.2 Å². The smallest absolute Gasteiger partial charge is 0.826 e. The second-order valence-corrected chi connectivity index (χ2v) is 5.70. The molecule has 0 spiro atoms. The van der Waals surface area contributed by atoms with E-state index in [1.807, 2.05) is 0 Å². The van der Waals surface area contributed by atoms with Crippen molar-refractivity contribution < 1.29 is 42.6 Å². The van der Waals surface area contributed by atoms with Crippen molar-refractivity contribution in [1.82, 2.24) is 0 Å². The fourth-order valence-electron chi connectivity index (χ4n) is 2.43. The molecular formula is C15H24FLiO4. The van der Waals surface area contributed by atoms with Gasteiger partial charge in [-0.25, -0.2) is 9.18 Å². The van der Waals surface area contributed by atoms with Crippen molar-refractivity contribution in [3.63, 3.8) is 0 Å². The van der Waals surface area contributed by atoms with Gasteiger partial charge in [0.25, 0.3) is 0 Å². The first-order valence-electron chi connectivity index (χ1n) is 7.12. The number of rotatable bonds is 7. The summed E-state index contributed by atoms with van der Waals surface area (Å²) >= 11 is 0. The molecule has 1 fully saturated rings. The van der Waals surface area contributed by atoms with Gasteiger partial charge in [-0.3, -0.25) is 0 Å². The second-order valence-electron chi connectivity index (χ2n) is 5.70. The molecule has 21 heavy (non-hydrogen) atoms. The normalized spacial score (nSPS) is 20.0. The summed E-state index contributed by atoms with van der Waals surface area (Å²) < 4.78 is 23.2. The van der Waals surface area contributed by atoms with Gasteiger partial charge < -0.3 is 14.6 Å². The van der Waals surface area contributed by atoms with E-state index in [1.165, 1.54) is 13.8 Å². The number of hydrogen-bond donors (Lipinski definition) is 0. The summed E-state index contributed by atoms with van der Waals surface area (Å²) in [6.45, 7) is 5.07. The summed E-state index contributed by atoms with van der Waals surface area (Å²) in [7, 11) is 0. The van der Waals surface area contributed by atoms with Gasteiger partial charge in [0.05, 0.1) is 6.10 Å². The van der Waals surface area contributed by atoms with Crippen LogP contribution in [0.5, 0.6) is 0 Å². The third-order valence-electron chi connectivity index (χ3n) is 3.54. The van der Waals surface area contributed by atoms with Crippen LogP contribution >= 0.6 is 0 Å². The minimum Gasteiger partial charge on any atom is -0.826 e. The van der Waals surface area contributed by atoms with Crippen LogP contribution in [0.2, 0.25) is 0 Å². The monoisotopic (exact) mass is 294 g/mol. The molecule has 0 aromatic heterocycles. The summed E-state index contributed by atoms with van der Waals surface area (Å²) in [4.78, 5) is 11.3. The summed E-state index contributed by atoms with van der Waals surface area (Å²) in [6.07, 6.45) is 4.31. The summed E-state index contributed by atoms with van der Waals surface area (Å²) in [5, 5.41) is 12.1. The molecule has 0 radical (unpaired) electrons. The Kier molecular flexibility index (Phi) is 9.47. The van der Waals surface area contributed by atoms with Gasteiger partial charge in [-0.1, -0.05) is 25.8 Å². The molecule has 0 heterocycles. The number of alkyl halides is 1. The molecule has 0 aromatic rings. The number of hydrogen-bond acceptors (Lipinski definition) is 4. The summed E-state index contributed by atoms with van der Waals surface area (Å²) in [5.41, 5.74) is 0.218. The molecule has 0 amide bonds. The van der Waals surface area contributed by atoms with E-state index >= 15 is 0 Å². The van der Waals surface area contributed by atoms with Crippen molar-refractivity contribution in [2.45, 2.75) is 57.8 Å². The summed E-state index contributed by atoms with van der Waals surface area (Å²) in [5.74, 6) is -2.48. The van der Waals surface area contributed by atoms with Gasteiger partial charge in [0.1, 0.15) is 13.3 Å². The fourth-order valence-corrected chi connectivity index (χ4v) is 2.43. The van der Waals surface area contributed by atoms with Crippen LogP contribution in [-0.4, -0.2) is 31.1 Å². The van der Waals surface area contributed by atoms with Crippen molar-refractivity contribution in [2.24, 2.45) is 5.92 Å². The van der Waals surface area contributed by atoms with Gasteiger partial charge >= 0.3 is 24.8 Å². The molecule has 0 aliphatic heterocycles. The summed E-state index contributed by atoms with van der Waals surface area (Å²) in [6, 6.07) is 0. The SMILES string of the molecule is C=C(C)C(=O)OCC(C)([O-])OC(CF)C1CCCCC1.[Li+]. The van der Waals surface area contributed by atoms with Crippen molar-refractivity contribution in [2.75, 3.05) is 13.3 Å². The van der Waals surface area contributed by atoms with Crippen LogP contribution in [0.4, 0.5) is 4.39 Å². The molecule has 6 heteroatoms. The average molecular weight is 294 g/mol. The molecule has 1 saturated carbocycles. The van der Waals surface area contributed by atoms with Gasteiger partial charge in [-0.05, 0) is 32.6 Å². The third-order valence-corrected chi connectivity index (χ3v) is 3.54. The molecule has 2 unspecified atom stereocenters. The van der Waals surface area contributed by atoms with Gasteiger partial charge in [0.2, 0.25) is 0 Å². The first kappa shape index (κ1) is 20.7. The fraction of sp³-hybridized carbons (Fsp3) is 0.800. The van der Waals surface area contributed by atoms with Crippen molar-refractivity contribution in [3.8, 4) is 0 Å². The zero-order valence-electron chi connectivity index (χ0n) is 13.3. The number of carbonyl (C=O) groups is 1. The average Bonchev–Trinajstić information content (AvgIpc) is 2.43. The molecular weight excluding hydrogens is 270 g/mol. The maximum absolute atomic E-state index is 13.1. The second kappa shape index (κ2) is 9.63. The Labute approximate surface area is 138 Å². The number of esters is 1. The molecule has 1 rings (SSSR count). The molecule has 1 aliphatic carbocycles. The maximum Gasteiger partial charge on any atom is 1.00 e. The standard InChI is InChI=1S/C15H24FO4.Li/c1-11(2)14(17)19-10-15(3,18)20-13(9-16)12-7-5-4-6-8-12;/h12-13H,1,4-10H2,2-3H3;/q-1;+1. The Morgan fingerprint density at radius 3 is 2.48 bits per heavy atom. The van der Waals surface area contributed by atoms with Crippen LogP contribution in [0.1, 0.15) is 46.0 Å². The van der Waals surface area contributed by atoms with Gasteiger partial charge in [0.15, 0.2) is 0 Å². The Balaban J connectivity index is 0.00000400. The van der Waals surface area contributed by atoms with Gasteiger partial charge in [-0.2, -0.15) is 0 Å². The molecule has 0 N–H and O–H groups in total. The Bertz CT molecular complexity index is 341. The van der Waals surface area contributed by atoms with E-state index in [9.17, 15) is 14.3 Å². The predicted molar refractivity (Wildman–Crippen MR) is 71.6 cm³/mol. The first-order valence-corrected chi connectivity index (χ1v) is 7.12. The van der Waals surface area contributed by atoms with Crippen LogP contribution in [-0.2, 0) is 14.3 Å². The third kappa shape index (κ3) is 7.46. The van der Waals surface area contributed by atoms with E-state index in [1.54, 1.807) is 0 Å². The molecule has 2 atom stereocenters. The zero-order valence-corrected chi connectivity index (χ0v) is 13.3. The van der Waals surface area contributed by atoms with Gasteiger partial charge in [-0.15, -0.1) is 0 Å². The van der Waals surface area contributed by atoms with E-state index in [0.717, 1.165) is 32.1 Å². The topological polar surface area (TPSA) is 58.6 Å². The van der Waals surface area contributed by atoms with Crippen LogP contribution in [0.15, 0.2) is 12.2 Å². The number of carbonyl (C=O) groups excluding carboxylic acids is 1. The molecule has 0 aromatic carbocycles. The van der Waals surface area contributed by atoms with E-state index < -0.39 is 31.1 Å². The van der Waals surface area contributed by atoms with E-state index in [0.29, 0.717) is 0 Å². The molecule has 4 nitrogen and oxygen atoms in total. The Morgan fingerprint density at radius 2 is 2.00 bits per heavy atom. The number of halogens is 1. The van der Waals surface area contributed by atoms with Crippen LogP contribution in [0.25, 0.3) is 0 Å². The van der Waals surface area contributed by atoms with Crippen molar-refractivity contribution in [1.29, 1.82) is 0 Å². The van der Waals surface area contributed by atoms with Crippen molar-refractivity contribution >= 4 is 5.97 Å². The van der Waals surface area contributed by atoms with E-state index in [4.69, 9.17) is 9.47 Å². The Hall–Kier alpha value is -0.343. The molecule has 1 aliphatic rings. The molecule has 0 bridgehead atoms. The Morgan fingerprint density at radius 1 is 1.43 bits per heavy atom. The minimum atomic E-state index is -1.93. The van der Waals surface area contributed by atoms with Crippen LogP contribution in [0, 0.1) is 5.92 Å². The largest absolute Gasteiger partial charge is 1.00 e. The zero-order chi connectivity index (χ0) is 15.2.